The topological polar surface area (TPSA) is 77.4 Å². The highest BCUT2D eigenvalue weighted by Crippen LogP contribution is 2.22. The lowest BCUT2D eigenvalue weighted by molar-refractivity contribution is -0.527. The predicted octanol–water partition coefficient (Wildman–Crippen LogP) is 1.20. The largest absolute Gasteiger partial charge is 0.393 e. The zero-order valence-electron chi connectivity index (χ0n) is 11.6. The molecule has 0 saturated heterocycles. The molecule has 6 nitrogen and oxygen atoms in total. The van der Waals surface area contributed by atoms with Crippen molar-refractivity contribution >= 4 is 0 Å². The Kier molecular flexibility index (Phi) is 10.5. The van der Waals surface area contributed by atoms with E-state index in [1.54, 1.807) is 0 Å². The van der Waals surface area contributed by atoms with Crippen LogP contribution in [0, 0.1) is 0 Å². The van der Waals surface area contributed by atoms with Gasteiger partial charge in [-0.25, -0.2) is 4.89 Å². The Hall–Kier alpha value is -0.240. The molecule has 0 amide bonds. The molecule has 2 N–H and O–H groups in total. The van der Waals surface area contributed by atoms with Crippen LogP contribution in [0.15, 0.2) is 0 Å². The Balaban J connectivity index is 4.62. The highest BCUT2D eigenvalue weighted by molar-refractivity contribution is 4.68. The van der Waals surface area contributed by atoms with Crippen LogP contribution in [0.3, 0.4) is 0 Å². The van der Waals surface area contributed by atoms with Gasteiger partial charge in [-0.15, -0.1) is 0 Å². The average Bonchev–Trinajstić information content (AvgIpc) is 2.40. The molecular formula is C12H26O6. The van der Waals surface area contributed by atoms with Crippen molar-refractivity contribution in [2.45, 2.75) is 52.1 Å². The first-order valence-electron chi connectivity index (χ1n) is 6.54. The van der Waals surface area contributed by atoms with E-state index in [-0.39, 0.29) is 0 Å². The summed E-state index contributed by atoms with van der Waals surface area (Å²) in [5, 5.41) is 18.9. The fourth-order valence-electron chi connectivity index (χ4n) is 1.15. The molecule has 6 heteroatoms. The van der Waals surface area contributed by atoms with Crippen molar-refractivity contribution in [2.75, 3.05) is 26.4 Å². The predicted molar refractivity (Wildman–Crippen MR) is 65.6 cm³/mol. The number of ether oxygens (including phenoxy) is 2. The summed E-state index contributed by atoms with van der Waals surface area (Å²) in [6.07, 6.45) is 0.888. The highest BCUT2D eigenvalue weighted by Gasteiger charge is 2.43. The Labute approximate surface area is 109 Å². The number of hydrogen-bond donors (Lipinski definition) is 2. The number of aliphatic hydroxyl groups is 2. The minimum atomic E-state index is -1.75. The number of aliphatic hydroxyl groups excluding tert-OH is 2. The lowest BCUT2D eigenvalue weighted by Gasteiger charge is -2.34. The van der Waals surface area contributed by atoms with E-state index in [4.69, 9.17) is 24.4 Å². The molecule has 1 atom stereocenters. The molecule has 0 aromatic carbocycles. The van der Waals surface area contributed by atoms with Crippen molar-refractivity contribution < 1.29 is 29.5 Å². The van der Waals surface area contributed by atoms with E-state index in [0.29, 0.717) is 19.8 Å². The molecule has 18 heavy (non-hydrogen) atoms. The van der Waals surface area contributed by atoms with Crippen molar-refractivity contribution in [3.63, 3.8) is 0 Å². The fourth-order valence-corrected chi connectivity index (χ4v) is 1.15. The van der Waals surface area contributed by atoms with Gasteiger partial charge in [0.05, 0.1) is 26.4 Å². The van der Waals surface area contributed by atoms with Crippen molar-refractivity contribution in [2.24, 2.45) is 0 Å². The first kappa shape index (κ1) is 17.8. The molecule has 0 aliphatic rings. The van der Waals surface area contributed by atoms with Gasteiger partial charge in [0.2, 0.25) is 0 Å². The maximum atomic E-state index is 9.82. The van der Waals surface area contributed by atoms with Gasteiger partial charge in [-0.3, -0.25) is 0 Å². The van der Waals surface area contributed by atoms with E-state index < -0.39 is 18.7 Å². The number of rotatable bonds is 12. The van der Waals surface area contributed by atoms with Crippen LogP contribution in [0.5, 0.6) is 0 Å². The third-order valence-electron chi connectivity index (χ3n) is 2.06. The van der Waals surface area contributed by atoms with Gasteiger partial charge < -0.3 is 19.7 Å². The van der Waals surface area contributed by atoms with E-state index >= 15 is 0 Å². The Bertz CT molecular complexity index is 179. The normalized spacial score (nSPS) is 13.8. The van der Waals surface area contributed by atoms with Gasteiger partial charge in [0, 0.05) is 0 Å². The van der Waals surface area contributed by atoms with Crippen molar-refractivity contribution in [1.82, 2.24) is 0 Å². The van der Waals surface area contributed by atoms with Gasteiger partial charge >= 0.3 is 5.97 Å². The molecule has 110 valence electrons. The van der Waals surface area contributed by atoms with Gasteiger partial charge in [-0.05, 0) is 19.3 Å². The van der Waals surface area contributed by atoms with Gasteiger partial charge in [0.25, 0.3) is 0 Å². The molecular weight excluding hydrogens is 240 g/mol. The summed E-state index contributed by atoms with van der Waals surface area (Å²) in [5.74, 6) is -1.75. The van der Waals surface area contributed by atoms with Crippen molar-refractivity contribution in [3.8, 4) is 0 Å². The molecule has 0 rings (SSSR count). The molecule has 0 heterocycles. The second-order valence-electron chi connectivity index (χ2n) is 3.90. The van der Waals surface area contributed by atoms with E-state index in [1.807, 2.05) is 20.8 Å². The second kappa shape index (κ2) is 10.7. The zero-order valence-corrected chi connectivity index (χ0v) is 11.6. The van der Waals surface area contributed by atoms with E-state index in [2.05, 4.69) is 0 Å². The monoisotopic (exact) mass is 266 g/mol. The van der Waals surface area contributed by atoms with Crippen LogP contribution in [0.2, 0.25) is 0 Å². The highest BCUT2D eigenvalue weighted by atomic mass is 17.3. The van der Waals surface area contributed by atoms with Crippen LogP contribution in [-0.2, 0) is 19.2 Å². The summed E-state index contributed by atoms with van der Waals surface area (Å²) in [6, 6.07) is 0. The lowest BCUT2D eigenvalue weighted by atomic mass is 10.3. The van der Waals surface area contributed by atoms with Gasteiger partial charge in [0.15, 0.2) is 6.10 Å². The summed E-state index contributed by atoms with van der Waals surface area (Å²) in [4.78, 5) is 10.0. The molecule has 0 bridgehead atoms. The van der Waals surface area contributed by atoms with Crippen LogP contribution >= 0.6 is 0 Å². The summed E-state index contributed by atoms with van der Waals surface area (Å²) < 4.78 is 10.8. The van der Waals surface area contributed by atoms with Crippen LogP contribution in [0.1, 0.15) is 40.0 Å². The van der Waals surface area contributed by atoms with Crippen LogP contribution in [0.25, 0.3) is 0 Å². The quantitative estimate of drug-likeness (QED) is 0.239. The second-order valence-corrected chi connectivity index (χ2v) is 3.90. The molecule has 0 radical (unpaired) electrons. The Morgan fingerprint density at radius 1 is 0.944 bits per heavy atom. The molecule has 0 saturated carbocycles. The summed E-state index contributed by atoms with van der Waals surface area (Å²) in [7, 11) is 0. The molecule has 0 aromatic heterocycles. The van der Waals surface area contributed by atoms with E-state index in [0.717, 1.165) is 19.3 Å². The van der Waals surface area contributed by atoms with Crippen molar-refractivity contribution in [1.29, 1.82) is 0 Å². The molecule has 0 aliphatic carbocycles. The van der Waals surface area contributed by atoms with Gasteiger partial charge in [-0.1, -0.05) is 20.8 Å². The van der Waals surface area contributed by atoms with Gasteiger partial charge in [-0.2, -0.15) is 4.89 Å². The molecule has 0 spiro atoms. The molecule has 0 fully saturated rings. The first-order valence-corrected chi connectivity index (χ1v) is 6.54. The third kappa shape index (κ3) is 6.08. The smallest absolute Gasteiger partial charge is 0.341 e. The third-order valence-corrected chi connectivity index (χ3v) is 2.06. The van der Waals surface area contributed by atoms with Crippen LogP contribution < -0.4 is 0 Å². The SMILES string of the molecule is CCCOOC(OCCC)(OCCC)C(O)CO. The van der Waals surface area contributed by atoms with Gasteiger partial charge in [0.1, 0.15) is 0 Å². The molecule has 1 unspecified atom stereocenters. The minimum absolute atomic E-state index is 0.330. The maximum absolute atomic E-state index is 9.82. The molecule has 0 aliphatic heterocycles. The standard InChI is InChI=1S/C12H26O6/c1-4-7-15-12(11(14)10-13,16-8-5-2)18-17-9-6-3/h11,13-14H,4-10H2,1-3H3. The number of hydrogen-bond acceptors (Lipinski definition) is 6. The van der Waals surface area contributed by atoms with Crippen LogP contribution in [-0.4, -0.2) is 48.7 Å². The average molecular weight is 266 g/mol. The molecule has 0 aromatic rings. The van der Waals surface area contributed by atoms with Crippen molar-refractivity contribution in [3.05, 3.63) is 0 Å². The summed E-state index contributed by atoms with van der Waals surface area (Å²) >= 11 is 0. The Morgan fingerprint density at radius 2 is 1.44 bits per heavy atom. The minimum Gasteiger partial charge on any atom is -0.393 e. The summed E-state index contributed by atoms with van der Waals surface area (Å²) in [5.41, 5.74) is 0. The lowest BCUT2D eigenvalue weighted by Crippen LogP contribution is -2.52. The first-order chi connectivity index (χ1) is 8.66. The van der Waals surface area contributed by atoms with E-state index in [1.165, 1.54) is 0 Å². The zero-order chi connectivity index (χ0) is 13.9. The summed E-state index contributed by atoms with van der Waals surface area (Å²) in [6.45, 7) is 6.24. The van der Waals surface area contributed by atoms with E-state index in [9.17, 15) is 5.11 Å². The Morgan fingerprint density at radius 3 is 1.83 bits per heavy atom. The fraction of sp³-hybridized carbons (Fsp3) is 1.00. The van der Waals surface area contributed by atoms with Crippen LogP contribution in [0.4, 0.5) is 0 Å². The maximum Gasteiger partial charge on any atom is 0.341 e.